The molecule has 370 valence electrons. The lowest BCUT2D eigenvalue weighted by molar-refractivity contribution is -0.137. The number of hydrogen-bond donors (Lipinski definition) is 11. The number of amides is 10. The molecule has 0 aliphatic carbocycles. The van der Waals surface area contributed by atoms with Crippen molar-refractivity contribution >= 4 is 76.5 Å². The highest BCUT2D eigenvalue weighted by Gasteiger charge is 2.42. The molecule has 1 unspecified atom stereocenters. The van der Waals surface area contributed by atoms with Gasteiger partial charge in [-0.3, -0.25) is 43.2 Å². The summed E-state index contributed by atoms with van der Waals surface area (Å²) in [6.45, 7) is -1.18. The smallest absolute Gasteiger partial charge is 0.407 e. The first-order valence-electron chi connectivity index (χ1n) is 21.4. The van der Waals surface area contributed by atoms with E-state index in [0.717, 1.165) is 0 Å². The number of aliphatic hydroxyl groups excluding tert-OH is 1. The van der Waals surface area contributed by atoms with Gasteiger partial charge in [-0.2, -0.15) is 0 Å². The fourth-order valence-electron chi connectivity index (χ4n) is 6.12. The summed E-state index contributed by atoms with van der Waals surface area (Å²) < 4.78 is 11.6. The molecule has 0 aliphatic rings. The number of thiocarbonyl (C=S) groups is 1. The average molecular weight is 977 g/mol. The van der Waals surface area contributed by atoms with E-state index in [1.165, 1.54) is 6.92 Å². The number of nitrogens with one attached hydrogen (secondary N) is 10. The van der Waals surface area contributed by atoms with Crippen LogP contribution in [-0.2, 0) is 58.2 Å². The number of rotatable bonds is 28. The highest BCUT2D eigenvalue weighted by atomic mass is 32.1. The maximum Gasteiger partial charge on any atom is 0.407 e. The van der Waals surface area contributed by atoms with Crippen LogP contribution in [0.5, 0.6) is 0 Å². The molecule has 0 radical (unpaired) electrons. The zero-order chi connectivity index (χ0) is 50.6. The van der Waals surface area contributed by atoms with Gasteiger partial charge in [-0.05, 0) is 42.8 Å². The molecule has 0 saturated heterocycles. The van der Waals surface area contributed by atoms with Crippen LogP contribution >= 0.6 is 12.2 Å². The fourth-order valence-corrected chi connectivity index (χ4v) is 6.22. The maximum atomic E-state index is 14.0. The Balaban J connectivity index is 1.66. The molecule has 3 aromatic rings. The van der Waals surface area contributed by atoms with Crippen molar-refractivity contribution in [3.63, 3.8) is 0 Å². The number of hydrogen-bond acceptors (Lipinski definition) is 13. The van der Waals surface area contributed by atoms with E-state index in [4.69, 9.17) is 9.84 Å². The third kappa shape index (κ3) is 20.2. The Kier molecular flexibility index (Phi) is 23.7. The highest BCUT2D eigenvalue weighted by molar-refractivity contribution is 7.80. The summed E-state index contributed by atoms with van der Waals surface area (Å²) in [5.74, 6) is -6.87. The molecule has 0 heterocycles. The number of carbonyl (C=O) groups excluding carboxylic acids is 10. The Hall–Kier alpha value is -7.99. The number of carbonyl (C=O) groups is 10. The Morgan fingerprint density at radius 3 is 1.20 bits per heavy atom. The minimum absolute atomic E-state index is 0.0657. The van der Waals surface area contributed by atoms with Crippen molar-refractivity contribution in [2.75, 3.05) is 65.5 Å². The summed E-state index contributed by atoms with van der Waals surface area (Å²) in [6, 6.07) is 25.9. The number of aliphatic hydroxyl groups is 1. The molecule has 0 aliphatic heterocycles. The molecule has 23 nitrogen and oxygen atoms in total. The van der Waals surface area contributed by atoms with Crippen LogP contribution in [0.25, 0.3) is 0 Å². The highest BCUT2D eigenvalue weighted by Crippen LogP contribution is 2.41. The van der Waals surface area contributed by atoms with E-state index in [1.54, 1.807) is 6.92 Å². The second-order valence-corrected chi connectivity index (χ2v) is 15.1. The van der Waals surface area contributed by atoms with Crippen molar-refractivity contribution in [1.29, 1.82) is 0 Å². The Morgan fingerprint density at radius 2 is 0.841 bits per heavy atom. The zero-order valence-electron chi connectivity index (χ0n) is 37.8. The minimum Gasteiger partial charge on any atom is -0.502 e. The van der Waals surface area contributed by atoms with Crippen molar-refractivity contribution < 1.29 is 62.5 Å². The number of alkyl carbamates (subject to hydrolysis) is 1. The van der Waals surface area contributed by atoms with E-state index in [9.17, 15) is 47.9 Å². The second kappa shape index (κ2) is 29.6. The standard InChI is InChI=1S/C45H56N10O13S/c1-3-67-44(66)54-27-39(62)51-25-37(60)52-28-40(63)55-42(29(2)68-45(30-13-7-4-8-14-30,31-15-9-5-10-16-31)32-17-11-6-12-18-32)43(65)53-26-38(61)50-24-36(59)49-23-35(58)48-22-34(57)47-21-33(56)46-20-19-41(64)69/h4-18,29,42H,3,19-28H2,1-2H3,(H,46,56)(H,47,57)(H,48,58)(H,49,59)(H,50,61)(H,51,62)(H,52,60)(H,53,65)(H,54,66)(H,55,63)(H,64,69)/t29-,42?/m1/s1. The van der Waals surface area contributed by atoms with Gasteiger partial charge < -0.3 is 67.7 Å². The van der Waals surface area contributed by atoms with Crippen LogP contribution in [0.2, 0.25) is 0 Å². The van der Waals surface area contributed by atoms with Crippen molar-refractivity contribution in [2.45, 2.75) is 38.0 Å². The predicted octanol–water partition coefficient (Wildman–Crippen LogP) is -2.18. The quantitative estimate of drug-likeness (QED) is 0.0273. The lowest BCUT2D eigenvalue weighted by Gasteiger charge is -2.40. The van der Waals surface area contributed by atoms with Crippen LogP contribution in [-0.4, -0.2) is 147 Å². The molecule has 0 saturated carbocycles. The third-order valence-electron chi connectivity index (χ3n) is 9.40. The summed E-state index contributed by atoms with van der Waals surface area (Å²) in [5.41, 5.74) is 0.646. The fraction of sp³-hybridized carbons (Fsp3) is 0.356. The summed E-state index contributed by atoms with van der Waals surface area (Å²) >= 11 is 4.50. The van der Waals surface area contributed by atoms with Gasteiger partial charge in [-0.1, -0.05) is 91.0 Å². The van der Waals surface area contributed by atoms with Gasteiger partial charge in [0.05, 0.1) is 58.5 Å². The molecule has 2 atom stereocenters. The maximum absolute atomic E-state index is 14.0. The molecule has 10 amide bonds. The molecule has 0 bridgehead atoms. The Bertz CT molecular complexity index is 2160. The largest absolute Gasteiger partial charge is 0.502 e. The van der Waals surface area contributed by atoms with Gasteiger partial charge in [0, 0.05) is 13.0 Å². The lowest BCUT2D eigenvalue weighted by atomic mass is 9.79. The van der Waals surface area contributed by atoms with Gasteiger partial charge in [0.2, 0.25) is 53.2 Å². The summed E-state index contributed by atoms with van der Waals surface area (Å²) in [6.07, 6.45) is -1.94. The lowest BCUT2D eigenvalue weighted by Crippen LogP contribution is -2.57. The van der Waals surface area contributed by atoms with E-state index in [1.807, 2.05) is 91.0 Å². The molecule has 3 rings (SSSR count). The molecule has 24 heteroatoms. The molecule has 0 aromatic heterocycles. The molecule has 69 heavy (non-hydrogen) atoms. The normalized spacial score (nSPS) is 11.4. The van der Waals surface area contributed by atoms with E-state index in [-0.39, 0.29) is 24.6 Å². The summed E-state index contributed by atoms with van der Waals surface area (Å²) in [5, 5.41) is 32.0. The van der Waals surface area contributed by atoms with Crippen molar-refractivity contribution in [1.82, 2.24) is 53.2 Å². The van der Waals surface area contributed by atoms with E-state index < -0.39 is 129 Å². The third-order valence-corrected chi connectivity index (χ3v) is 9.61. The van der Waals surface area contributed by atoms with Crippen molar-refractivity contribution in [3.8, 4) is 0 Å². The van der Waals surface area contributed by atoms with Gasteiger partial charge >= 0.3 is 6.09 Å². The molecule has 11 N–H and O–H groups in total. The van der Waals surface area contributed by atoms with Crippen molar-refractivity contribution in [3.05, 3.63) is 108 Å². The molecule has 3 aromatic carbocycles. The monoisotopic (exact) mass is 976 g/mol. The molecular formula is C45H56N10O13S. The van der Waals surface area contributed by atoms with Gasteiger partial charge in [0.25, 0.3) is 0 Å². The van der Waals surface area contributed by atoms with Crippen molar-refractivity contribution in [2.24, 2.45) is 0 Å². The molecular weight excluding hydrogens is 921 g/mol. The number of benzene rings is 3. The Morgan fingerprint density at radius 1 is 0.507 bits per heavy atom. The summed E-state index contributed by atoms with van der Waals surface area (Å²) in [4.78, 5) is 125. The average Bonchev–Trinajstić information content (AvgIpc) is 3.35. The van der Waals surface area contributed by atoms with Gasteiger partial charge in [0.15, 0.2) is 5.05 Å². The van der Waals surface area contributed by atoms with Crippen LogP contribution in [0.3, 0.4) is 0 Å². The van der Waals surface area contributed by atoms with Gasteiger partial charge in [0.1, 0.15) is 18.2 Å². The number of ether oxygens (including phenoxy) is 2. The van der Waals surface area contributed by atoms with E-state index in [2.05, 4.69) is 70.1 Å². The van der Waals surface area contributed by atoms with Crippen LogP contribution in [0.4, 0.5) is 4.79 Å². The first-order chi connectivity index (χ1) is 33.0. The van der Waals surface area contributed by atoms with Crippen LogP contribution < -0.4 is 53.2 Å². The second-order valence-electron chi connectivity index (χ2n) is 14.6. The van der Waals surface area contributed by atoms with Crippen LogP contribution in [0, 0.1) is 0 Å². The Labute approximate surface area is 402 Å². The zero-order valence-corrected chi connectivity index (χ0v) is 38.7. The minimum atomic E-state index is -1.52. The van der Waals surface area contributed by atoms with E-state index >= 15 is 0 Å². The van der Waals surface area contributed by atoms with Crippen LogP contribution in [0.1, 0.15) is 37.0 Å². The van der Waals surface area contributed by atoms with Gasteiger partial charge in [-0.15, -0.1) is 0 Å². The predicted molar refractivity (Wildman–Crippen MR) is 251 cm³/mol. The SMILES string of the molecule is CCOC(=O)NCC(=O)NCC(=O)NCC(=O)NC(C(=O)NCC(=O)NCC(=O)NCC(=O)NCC(=O)NCC(=O)NCCC(O)=S)[C@@H](C)OC(c1ccccc1)(c1ccccc1)c1ccccc1. The molecule has 0 fully saturated rings. The first kappa shape index (κ1) is 55.3. The van der Waals surface area contributed by atoms with Gasteiger partial charge in [-0.25, -0.2) is 4.79 Å². The van der Waals surface area contributed by atoms with E-state index in [0.29, 0.717) is 16.7 Å². The molecule has 0 spiro atoms. The topological polar surface area (TPSA) is 330 Å². The first-order valence-corrected chi connectivity index (χ1v) is 21.9. The van der Waals surface area contributed by atoms with Crippen LogP contribution in [0.15, 0.2) is 91.0 Å². The summed E-state index contributed by atoms with van der Waals surface area (Å²) in [7, 11) is 0.